The molecule has 8 heteroatoms. The zero-order valence-electron chi connectivity index (χ0n) is 22.0. The Morgan fingerprint density at radius 2 is 1.87 bits per heavy atom. The molecule has 1 saturated carbocycles. The first kappa shape index (κ1) is 28.6. The Morgan fingerprint density at radius 3 is 2.62 bits per heavy atom. The first-order valence-electron chi connectivity index (χ1n) is 13.4. The van der Waals surface area contributed by atoms with E-state index in [0.717, 1.165) is 54.5 Å². The van der Waals surface area contributed by atoms with Gasteiger partial charge in [0, 0.05) is 34.8 Å². The van der Waals surface area contributed by atoms with E-state index in [0.29, 0.717) is 18.0 Å². The van der Waals surface area contributed by atoms with E-state index in [1.54, 1.807) is 6.07 Å². The molecule has 2 aromatic carbocycles. The van der Waals surface area contributed by atoms with Crippen LogP contribution in [0, 0.1) is 0 Å². The van der Waals surface area contributed by atoms with Gasteiger partial charge >= 0.3 is 5.97 Å². The van der Waals surface area contributed by atoms with E-state index in [1.165, 1.54) is 0 Å². The molecule has 8 nitrogen and oxygen atoms in total. The molecule has 2 aliphatic carbocycles. The van der Waals surface area contributed by atoms with Crippen LogP contribution >= 0.6 is 0 Å². The van der Waals surface area contributed by atoms with Crippen LogP contribution in [0.4, 0.5) is 5.69 Å². The van der Waals surface area contributed by atoms with Crippen LogP contribution in [0.3, 0.4) is 0 Å². The number of allylic oxidation sites excluding steroid dienone is 1. The summed E-state index contributed by atoms with van der Waals surface area (Å²) in [7, 11) is 0. The van der Waals surface area contributed by atoms with E-state index in [1.807, 2.05) is 36.4 Å². The average Bonchev–Trinajstić information content (AvgIpc) is 3.60. The van der Waals surface area contributed by atoms with Gasteiger partial charge in [0.15, 0.2) is 6.61 Å². The lowest BCUT2D eigenvalue weighted by Gasteiger charge is -2.31. The van der Waals surface area contributed by atoms with Crippen LogP contribution in [-0.2, 0) is 15.0 Å². The highest BCUT2D eigenvalue weighted by molar-refractivity contribution is 6.07. The average molecular weight is 537 g/mol. The lowest BCUT2D eigenvalue weighted by Crippen LogP contribution is -2.45. The predicted molar refractivity (Wildman–Crippen MR) is 151 cm³/mol. The number of aliphatic hydroxyl groups excluding tert-OH is 1. The van der Waals surface area contributed by atoms with Crippen molar-refractivity contribution in [2.75, 3.05) is 25.1 Å². The number of aliphatic carboxylic acids is 1. The number of fused-ring (bicyclic) bond motifs is 3. The number of rotatable bonds is 11. The van der Waals surface area contributed by atoms with Crippen molar-refractivity contribution in [3.8, 4) is 11.5 Å². The van der Waals surface area contributed by atoms with E-state index in [9.17, 15) is 14.7 Å². The van der Waals surface area contributed by atoms with Crippen LogP contribution in [-0.4, -0.2) is 53.5 Å². The number of carboxylic acid groups (broad SMARTS) is 1. The molecule has 0 radical (unpaired) electrons. The highest BCUT2D eigenvalue weighted by Crippen LogP contribution is 2.52. The minimum Gasteiger partial charge on any atom is -0.490 e. The van der Waals surface area contributed by atoms with Gasteiger partial charge in [-0.1, -0.05) is 50.6 Å². The minimum atomic E-state index is -1.01. The summed E-state index contributed by atoms with van der Waals surface area (Å²) in [6.45, 7) is 4.31. The number of hydrogen-bond acceptors (Lipinski definition) is 6. The van der Waals surface area contributed by atoms with Gasteiger partial charge in [-0.2, -0.15) is 0 Å². The van der Waals surface area contributed by atoms with Crippen molar-refractivity contribution >= 4 is 23.6 Å². The lowest BCUT2D eigenvalue weighted by atomic mass is 9.79. The van der Waals surface area contributed by atoms with Gasteiger partial charge in [0.25, 0.3) is 0 Å². The van der Waals surface area contributed by atoms with E-state index in [4.69, 9.17) is 14.6 Å². The van der Waals surface area contributed by atoms with Crippen molar-refractivity contribution in [3.05, 3.63) is 59.2 Å². The third-order valence-corrected chi connectivity index (χ3v) is 7.97. The lowest BCUT2D eigenvalue weighted by molar-refractivity contribution is -0.139. The van der Waals surface area contributed by atoms with Crippen LogP contribution in [0.2, 0.25) is 0 Å². The minimum absolute atomic E-state index is 0. The summed E-state index contributed by atoms with van der Waals surface area (Å²) in [6.07, 6.45) is 7.88. The number of amides is 1. The standard InChI is InChI=1S/C30H36N2O6.CH4/c1-29(2,15-19-11-12-22-21(19)7-5-9-24(22)38-18-26(34)35)31-16-20(33)17-37-25-10-6-8-23-27(25)30(28(36)32-23)13-3-4-14-30;/h5-12,19-20,31,33H,3-4,13-18H2,1-2H3,(H,32,36)(H,34,35);1H4/t19?,20-;/m0./s1. The first-order valence-corrected chi connectivity index (χ1v) is 13.4. The quantitative estimate of drug-likeness (QED) is 0.324. The zero-order valence-corrected chi connectivity index (χ0v) is 22.0. The molecule has 5 rings (SSSR count). The Balaban J connectivity index is 0.00000353. The molecule has 0 aromatic heterocycles. The number of nitrogens with one attached hydrogen (secondary N) is 2. The van der Waals surface area contributed by atoms with Gasteiger partial charge in [-0.3, -0.25) is 4.79 Å². The molecule has 1 fully saturated rings. The van der Waals surface area contributed by atoms with Crippen molar-refractivity contribution in [1.29, 1.82) is 0 Å². The first-order chi connectivity index (χ1) is 18.2. The number of β-amino-alcohol motifs (C(OH)–C–C–N with tert-alkyl or cyclic N) is 1. The summed E-state index contributed by atoms with van der Waals surface area (Å²) in [6, 6.07) is 11.4. The Hall–Kier alpha value is -3.36. The molecule has 1 spiro atoms. The van der Waals surface area contributed by atoms with E-state index < -0.39 is 17.5 Å². The molecule has 4 N–H and O–H groups in total. The second kappa shape index (κ2) is 11.4. The number of benzene rings is 2. The van der Waals surface area contributed by atoms with E-state index in [2.05, 4.69) is 30.6 Å². The maximum atomic E-state index is 12.8. The van der Waals surface area contributed by atoms with Crippen molar-refractivity contribution in [1.82, 2.24) is 5.32 Å². The summed E-state index contributed by atoms with van der Waals surface area (Å²) in [4.78, 5) is 23.7. The van der Waals surface area contributed by atoms with Gasteiger partial charge in [-0.25, -0.2) is 4.79 Å². The van der Waals surface area contributed by atoms with Crippen LogP contribution in [0.15, 0.2) is 42.5 Å². The molecule has 2 atom stereocenters. The maximum Gasteiger partial charge on any atom is 0.341 e. The maximum absolute atomic E-state index is 12.8. The topological polar surface area (TPSA) is 117 Å². The third kappa shape index (κ3) is 5.82. The summed E-state index contributed by atoms with van der Waals surface area (Å²) >= 11 is 0. The van der Waals surface area contributed by atoms with Crippen molar-refractivity contribution in [3.63, 3.8) is 0 Å². The normalized spacial score (nSPS) is 19.3. The molecule has 210 valence electrons. The molecule has 0 bridgehead atoms. The fraction of sp³-hybridized carbons (Fsp3) is 0.484. The predicted octanol–water partition coefficient (Wildman–Crippen LogP) is 4.86. The van der Waals surface area contributed by atoms with Crippen molar-refractivity contribution in [2.24, 2.45) is 0 Å². The Kier molecular flexibility index (Phi) is 8.37. The fourth-order valence-electron chi connectivity index (χ4n) is 6.14. The van der Waals surface area contributed by atoms with Gasteiger partial charge < -0.3 is 30.3 Å². The SMILES string of the molecule is C.CC(C)(CC1C=Cc2c(OCC(=O)O)cccc21)NC[C@H](O)COc1cccc2c1C1(CCCC1)C(=O)N2. The largest absolute Gasteiger partial charge is 0.490 e. The number of ether oxygens (including phenoxy) is 2. The van der Waals surface area contributed by atoms with Gasteiger partial charge in [-0.05, 0) is 56.9 Å². The summed E-state index contributed by atoms with van der Waals surface area (Å²) in [5.74, 6) is 0.455. The Labute approximate surface area is 230 Å². The van der Waals surface area contributed by atoms with Crippen molar-refractivity contribution < 1.29 is 29.3 Å². The highest BCUT2D eigenvalue weighted by Gasteiger charge is 2.50. The molecular formula is C31H40N2O6. The molecule has 1 unspecified atom stereocenters. The number of carboxylic acids is 1. The summed E-state index contributed by atoms with van der Waals surface area (Å²) in [5.41, 5.74) is 3.01. The van der Waals surface area contributed by atoms with Gasteiger partial charge in [0.1, 0.15) is 24.2 Å². The highest BCUT2D eigenvalue weighted by atomic mass is 16.5. The monoisotopic (exact) mass is 536 g/mol. The summed E-state index contributed by atoms with van der Waals surface area (Å²) < 4.78 is 11.6. The zero-order chi connectivity index (χ0) is 26.9. The summed E-state index contributed by atoms with van der Waals surface area (Å²) in [5, 5.41) is 26.2. The number of hydrogen-bond donors (Lipinski definition) is 4. The smallest absolute Gasteiger partial charge is 0.341 e. The van der Waals surface area contributed by atoms with Crippen LogP contribution < -0.4 is 20.1 Å². The van der Waals surface area contributed by atoms with E-state index >= 15 is 0 Å². The van der Waals surface area contributed by atoms with E-state index in [-0.39, 0.29) is 38.0 Å². The molecule has 2 aromatic rings. The molecule has 0 saturated heterocycles. The fourth-order valence-corrected chi connectivity index (χ4v) is 6.14. The van der Waals surface area contributed by atoms with Gasteiger partial charge in [-0.15, -0.1) is 0 Å². The molecule has 39 heavy (non-hydrogen) atoms. The molecule has 1 amide bonds. The number of carbonyl (C=O) groups excluding carboxylic acids is 1. The Bertz CT molecular complexity index is 1250. The molecular weight excluding hydrogens is 496 g/mol. The Morgan fingerprint density at radius 1 is 1.15 bits per heavy atom. The van der Waals surface area contributed by atoms with Crippen LogP contribution in [0.25, 0.3) is 6.08 Å². The number of aliphatic hydroxyl groups is 1. The third-order valence-electron chi connectivity index (χ3n) is 7.97. The van der Waals surface area contributed by atoms with Crippen LogP contribution in [0.1, 0.15) is 76.0 Å². The number of anilines is 1. The van der Waals surface area contributed by atoms with Gasteiger partial charge in [0.05, 0.1) is 5.41 Å². The second-order valence-corrected chi connectivity index (χ2v) is 11.3. The molecule has 1 aliphatic heterocycles. The molecule has 3 aliphatic rings. The number of carbonyl (C=O) groups is 2. The van der Waals surface area contributed by atoms with Crippen molar-refractivity contribution in [2.45, 2.75) is 76.4 Å². The second-order valence-electron chi connectivity index (χ2n) is 11.3. The molecule has 1 heterocycles. The van der Waals surface area contributed by atoms with Gasteiger partial charge in [0.2, 0.25) is 5.91 Å². The van der Waals surface area contributed by atoms with Crippen LogP contribution in [0.5, 0.6) is 11.5 Å².